The van der Waals surface area contributed by atoms with Gasteiger partial charge in [0.15, 0.2) is 0 Å². The minimum atomic E-state index is 0.312. The number of hydrogen-bond donors (Lipinski definition) is 1. The number of aryl methyl sites for hydroxylation is 1. The highest BCUT2D eigenvalue weighted by Gasteiger charge is 2.27. The van der Waals surface area contributed by atoms with Crippen LogP contribution in [-0.2, 0) is 0 Å². The maximum Gasteiger partial charge on any atom is 0.218 e. The Labute approximate surface area is 94.0 Å². The zero-order chi connectivity index (χ0) is 10.8. The molecule has 1 aromatic rings. The standard InChI is InChI=1S/C10H14ClN3O/c1-6-12-9(5-10(13-6)15-2)14-8-3-7(11)4-8/h5,7-8H,3-4H2,1-2H3,(H,12,13,14). The molecule has 0 unspecified atom stereocenters. The van der Waals surface area contributed by atoms with Crippen molar-refractivity contribution in [3.05, 3.63) is 11.9 Å². The second-order valence-electron chi connectivity index (χ2n) is 3.75. The molecule has 0 aromatic carbocycles. The number of halogens is 1. The van der Waals surface area contributed by atoms with Gasteiger partial charge in [0, 0.05) is 17.5 Å². The number of hydrogen-bond acceptors (Lipinski definition) is 4. The monoisotopic (exact) mass is 227 g/mol. The molecule has 0 aliphatic heterocycles. The number of aromatic nitrogens is 2. The Morgan fingerprint density at radius 1 is 1.47 bits per heavy atom. The molecule has 0 bridgehead atoms. The van der Waals surface area contributed by atoms with Crippen LogP contribution in [0.25, 0.3) is 0 Å². The molecule has 2 rings (SSSR count). The summed E-state index contributed by atoms with van der Waals surface area (Å²) in [5, 5.41) is 3.62. The smallest absolute Gasteiger partial charge is 0.218 e. The van der Waals surface area contributed by atoms with E-state index in [-0.39, 0.29) is 0 Å². The van der Waals surface area contributed by atoms with Gasteiger partial charge < -0.3 is 10.1 Å². The van der Waals surface area contributed by atoms with Crippen molar-refractivity contribution >= 4 is 17.4 Å². The molecule has 1 aromatic heterocycles. The van der Waals surface area contributed by atoms with E-state index >= 15 is 0 Å². The van der Waals surface area contributed by atoms with Crippen molar-refractivity contribution in [1.29, 1.82) is 0 Å². The number of anilines is 1. The molecular formula is C10H14ClN3O. The first-order valence-corrected chi connectivity index (χ1v) is 5.41. The summed E-state index contributed by atoms with van der Waals surface area (Å²) >= 11 is 5.90. The van der Waals surface area contributed by atoms with Gasteiger partial charge in [0.05, 0.1) is 7.11 Å². The van der Waals surface area contributed by atoms with Gasteiger partial charge in [0.1, 0.15) is 11.6 Å². The fourth-order valence-electron chi connectivity index (χ4n) is 1.59. The van der Waals surface area contributed by atoms with Crippen molar-refractivity contribution in [2.45, 2.75) is 31.2 Å². The van der Waals surface area contributed by atoms with Gasteiger partial charge in [-0.05, 0) is 19.8 Å². The number of nitrogens with one attached hydrogen (secondary N) is 1. The SMILES string of the molecule is COc1cc(NC2CC(Cl)C2)nc(C)n1. The van der Waals surface area contributed by atoms with Gasteiger partial charge in [-0.2, -0.15) is 4.98 Å². The maximum absolute atomic E-state index is 5.90. The molecule has 1 aliphatic carbocycles. The first kappa shape index (κ1) is 10.5. The molecular weight excluding hydrogens is 214 g/mol. The predicted molar refractivity (Wildman–Crippen MR) is 59.6 cm³/mol. The van der Waals surface area contributed by atoms with Gasteiger partial charge in [-0.3, -0.25) is 0 Å². The zero-order valence-electron chi connectivity index (χ0n) is 8.83. The van der Waals surface area contributed by atoms with E-state index in [1.807, 2.05) is 6.92 Å². The lowest BCUT2D eigenvalue weighted by atomic mass is 9.92. The van der Waals surface area contributed by atoms with E-state index in [9.17, 15) is 0 Å². The van der Waals surface area contributed by atoms with Crippen LogP contribution in [-0.4, -0.2) is 28.5 Å². The Morgan fingerprint density at radius 3 is 2.80 bits per heavy atom. The van der Waals surface area contributed by atoms with Crippen molar-refractivity contribution in [3.63, 3.8) is 0 Å². The highest BCUT2D eigenvalue weighted by molar-refractivity contribution is 6.21. The van der Waals surface area contributed by atoms with E-state index < -0.39 is 0 Å². The van der Waals surface area contributed by atoms with E-state index in [0.717, 1.165) is 18.7 Å². The van der Waals surface area contributed by atoms with Crippen LogP contribution in [0.2, 0.25) is 0 Å². The second kappa shape index (κ2) is 4.23. The van der Waals surface area contributed by atoms with Crippen molar-refractivity contribution in [2.24, 2.45) is 0 Å². The zero-order valence-corrected chi connectivity index (χ0v) is 9.58. The summed E-state index contributed by atoms with van der Waals surface area (Å²) in [4.78, 5) is 8.40. The van der Waals surface area contributed by atoms with Crippen LogP contribution in [0.3, 0.4) is 0 Å². The van der Waals surface area contributed by atoms with Gasteiger partial charge in [-0.25, -0.2) is 4.98 Å². The van der Waals surface area contributed by atoms with E-state index in [4.69, 9.17) is 16.3 Å². The summed E-state index contributed by atoms with van der Waals surface area (Å²) in [6, 6.07) is 2.24. The molecule has 1 fully saturated rings. The first-order valence-electron chi connectivity index (χ1n) is 4.97. The predicted octanol–water partition coefficient (Wildman–Crippen LogP) is 1.98. The molecule has 0 atom stereocenters. The lowest BCUT2D eigenvalue weighted by molar-refractivity contribution is 0.395. The van der Waals surface area contributed by atoms with Crippen LogP contribution in [0.15, 0.2) is 6.07 Å². The highest BCUT2D eigenvalue weighted by Crippen LogP contribution is 2.28. The Balaban J connectivity index is 2.04. The lowest BCUT2D eigenvalue weighted by Crippen LogP contribution is -2.36. The van der Waals surface area contributed by atoms with E-state index in [1.54, 1.807) is 13.2 Å². The molecule has 5 heteroatoms. The number of alkyl halides is 1. The normalized spacial score (nSPS) is 24.5. The number of methoxy groups -OCH3 is 1. The second-order valence-corrected chi connectivity index (χ2v) is 4.37. The van der Waals surface area contributed by atoms with Crippen molar-refractivity contribution in [2.75, 3.05) is 12.4 Å². The number of nitrogens with zero attached hydrogens (tertiary/aromatic N) is 2. The van der Waals surface area contributed by atoms with Crippen LogP contribution in [0.1, 0.15) is 18.7 Å². The first-order chi connectivity index (χ1) is 7.17. The molecule has 1 saturated carbocycles. The largest absolute Gasteiger partial charge is 0.481 e. The minimum absolute atomic E-state index is 0.312. The van der Waals surface area contributed by atoms with Crippen LogP contribution in [0, 0.1) is 6.92 Å². The molecule has 1 N–H and O–H groups in total. The van der Waals surface area contributed by atoms with Crippen molar-refractivity contribution in [3.8, 4) is 5.88 Å². The third-order valence-electron chi connectivity index (χ3n) is 2.46. The van der Waals surface area contributed by atoms with Crippen LogP contribution in [0.4, 0.5) is 5.82 Å². The molecule has 1 heterocycles. The van der Waals surface area contributed by atoms with Gasteiger partial charge in [0.25, 0.3) is 0 Å². The van der Waals surface area contributed by atoms with Gasteiger partial charge in [-0.1, -0.05) is 0 Å². The minimum Gasteiger partial charge on any atom is -0.481 e. The van der Waals surface area contributed by atoms with Gasteiger partial charge in [0.2, 0.25) is 5.88 Å². The van der Waals surface area contributed by atoms with Gasteiger partial charge >= 0.3 is 0 Å². The molecule has 1 aliphatic rings. The van der Waals surface area contributed by atoms with Crippen LogP contribution < -0.4 is 10.1 Å². The third-order valence-corrected chi connectivity index (χ3v) is 2.81. The van der Waals surface area contributed by atoms with Crippen molar-refractivity contribution < 1.29 is 4.74 Å². The van der Waals surface area contributed by atoms with Gasteiger partial charge in [-0.15, -0.1) is 11.6 Å². The topological polar surface area (TPSA) is 47.0 Å². The Bertz CT molecular complexity index is 353. The van der Waals surface area contributed by atoms with E-state index in [2.05, 4.69) is 15.3 Å². The summed E-state index contributed by atoms with van der Waals surface area (Å²) in [5.41, 5.74) is 0. The van der Waals surface area contributed by atoms with Crippen molar-refractivity contribution in [1.82, 2.24) is 9.97 Å². The molecule has 0 radical (unpaired) electrons. The molecule has 0 amide bonds. The van der Waals surface area contributed by atoms with Crippen LogP contribution >= 0.6 is 11.6 Å². The molecule has 0 spiro atoms. The summed E-state index contributed by atoms with van der Waals surface area (Å²) in [5.74, 6) is 2.11. The fourth-order valence-corrected chi connectivity index (χ4v) is 2.02. The van der Waals surface area contributed by atoms with E-state index in [0.29, 0.717) is 23.1 Å². The van der Waals surface area contributed by atoms with Crippen LogP contribution in [0.5, 0.6) is 5.88 Å². The Kier molecular flexibility index (Phi) is 2.95. The van der Waals surface area contributed by atoms with E-state index in [1.165, 1.54) is 0 Å². The quantitative estimate of drug-likeness (QED) is 0.803. The fraction of sp³-hybridized carbons (Fsp3) is 0.600. The summed E-state index contributed by atoms with van der Waals surface area (Å²) in [7, 11) is 1.60. The Hall–Kier alpha value is -1.03. The molecule has 4 nitrogen and oxygen atoms in total. The third kappa shape index (κ3) is 2.50. The summed E-state index contributed by atoms with van der Waals surface area (Å²) < 4.78 is 5.07. The maximum atomic E-state index is 5.90. The highest BCUT2D eigenvalue weighted by atomic mass is 35.5. The molecule has 0 saturated heterocycles. The average Bonchev–Trinajstić information content (AvgIpc) is 2.14. The lowest BCUT2D eigenvalue weighted by Gasteiger charge is -2.31. The number of ether oxygens (including phenoxy) is 1. The molecule has 82 valence electrons. The molecule has 15 heavy (non-hydrogen) atoms. The summed E-state index contributed by atoms with van der Waals surface area (Å²) in [6.45, 7) is 1.85. The summed E-state index contributed by atoms with van der Waals surface area (Å²) in [6.07, 6.45) is 1.99. The Morgan fingerprint density at radius 2 is 2.20 bits per heavy atom. The number of rotatable bonds is 3. The average molecular weight is 228 g/mol.